The molecule has 2 rings (SSSR count). The van der Waals surface area contributed by atoms with E-state index in [-0.39, 0.29) is 12.6 Å². The second kappa shape index (κ2) is 8.19. The van der Waals surface area contributed by atoms with Gasteiger partial charge in [-0.25, -0.2) is 4.98 Å². The SMILES string of the molecule is CCCCNc1nc(N)ncc1OCc1ccc(CO)cc1. The standard InChI is InChI=1S/C16H22N4O2/c1-2-3-8-18-15-14(9-19-16(17)20-15)22-11-13-6-4-12(10-21)5-7-13/h4-7,9,21H,2-3,8,10-11H2,1H3,(H3,17,18,19,20). The molecule has 0 aliphatic heterocycles. The highest BCUT2D eigenvalue weighted by Crippen LogP contribution is 2.22. The molecule has 118 valence electrons. The zero-order valence-electron chi connectivity index (χ0n) is 12.7. The largest absolute Gasteiger partial charge is 0.483 e. The Bertz CT molecular complexity index is 587. The number of hydrogen-bond donors (Lipinski definition) is 3. The molecule has 22 heavy (non-hydrogen) atoms. The van der Waals surface area contributed by atoms with Crippen LogP contribution in [0.2, 0.25) is 0 Å². The van der Waals surface area contributed by atoms with Crippen LogP contribution in [0.1, 0.15) is 30.9 Å². The summed E-state index contributed by atoms with van der Waals surface area (Å²) in [4.78, 5) is 8.16. The van der Waals surface area contributed by atoms with Crippen LogP contribution in [-0.2, 0) is 13.2 Å². The lowest BCUT2D eigenvalue weighted by atomic mass is 10.1. The Balaban J connectivity index is 2.01. The number of hydrogen-bond acceptors (Lipinski definition) is 6. The van der Waals surface area contributed by atoms with Crippen LogP contribution in [0.25, 0.3) is 0 Å². The molecule has 4 N–H and O–H groups in total. The van der Waals surface area contributed by atoms with Crippen molar-refractivity contribution in [1.29, 1.82) is 0 Å². The van der Waals surface area contributed by atoms with Crippen LogP contribution in [0.3, 0.4) is 0 Å². The molecule has 1 aromatic carbocycles. The van der Waals surface area contributed by atoms with Crippen LogP contribution in [0, 0.1) is 0 Å². The topological polar surface area (TPSA) is 93.3 Å². The van der Waals surface area contributed by atoms with Crippen molar-refractivity contribution >= 4 is 11.8 Å². The minimum Gasteiger partial charge on any atom is -0.483 e. The highest BCUT2D eigenvalue weighted by molar-refractivity contribution is 5.51. The molecule has 0 amide bonds. The van der Waals surface area contributed by atoms with Gasteiger partial charge in [-0.15, -0.1) is 0 Å². The Morgan fingerprint density at radius 1 is 1.23 bits per heavy atom. The summed E-state index contributed by atoms with van der Waals surface area (Å²) in [7, 11) is 0. The average Bonchev–Trinajstić information content (AvgIpc) is 2.55. The molecule has 2 aromatic rings. The molecular formula is C16H22N4O2. The van der Waals surface area contributed by atoms with Crippen LogP contribution >= 0.6 is 0 Å². The fraction of sp³-hybridized carbons (Fsp3) is 0.375. The van der Waals surface area contributed by atoms with E-state index in [9.17, 15) is 0 Å². The molecule has 0 radical (unpaired) electrons. The van der Waals surface area contributed by atoms with Crippen molar-refractivity contribution in [1.82, 2.24) is 9.97 Å². The van der Waals surface area contributed by atoms with Crippen LogP contribution in [0.15, 0.2) is 30.5 Å². The highest BCUT2D eigenvalue weighted by atomic mass is 16.5. The lowest BCUT2D eigenvalue weighted by molar-refractivity contribution is 0.281. The minimum absolute atomic E-state index is 0.0401. The molecule has 6 heteroatoms. The molecule has 0 unspecified atom stereocenters. The van der Waals surface area contributed by atoms with Crippen molar-refractivity contribution in [3.8, 4) is 5.75 Å². The number of rotatable bonds is 8. The van der Waals surface area contributed by atoms with Gasteiger partial charge in [0.1, 0.15) is 6.61 Å². The molecule has 0 fully saturated rings. The molecular weight excluding hydrogens is 280 g/mol. The minimum atomic E-state index is 0.0401. The number of anilines is 2. The van der Waals surface area contributed by atoms with Crippen LogP contribution in [-0.4, -0.2) is 21.6 Å². The third-order valence-corrected chi connectivity index (χ3v) is 3.20. The van der Waals surface area contributed by atoms with Gasteiger partial charge in [0.05, 0.1) is 12.8 Å². The fourth-order valence-corrected chi connectivity index (χ4v) is 1.90. The Morgan fingerprint density at radius 3 is 2.64 bits per heavy atom. The van der Waals surface area contributed by atoms with Crippen molar-refractivity contribution in [3.63, 3.8) is 0 Å². The van der Waals surface area contributed by atoms with E-state index in [1.54, 1.807) is 6.20 Å². The molecule has 0 saturated heterocycles. The zero-order valence-corrected chi connectivity index (χ0v) is 12.7. The van der Waals surface area contributed by atoms with E-state index >= 15 is 0 Å². The van der Waals surface area contributed by atoms with Crippen molar-refractivity contribution in [3.05, 3.63) is 41.6 Å². The van der Waals surface area contributed by atoms with E-state index < -0.39 is 0 Å². The number of unbranched alkanes of at least 4 members (excludes halogenated alkanes) is 1. The Kier molecular flexibility index (Phi) is 5.97. The maximum absolute atomic E-state index is 9.03. The summed E-state index contributed by atoms with van der Waals surface area (Å²) in [5, 5.41) is 12.3. The summed E-state index contributed by atoms with van der Waals surface area (Å²) < 4.78 is 5.78. The molecule has 0 bridgehead atoms. The zero-order chi connectivity index (χ0) is 15.8. The summed E-state index contributed by atoms with van der Waals surface area (Å²) in [5.74, 6) is 1.42. The smallest absolute Gasteiger partial charge is 0.222 e. The van der Waals surface area contributed by atoms with Crippen molar-refractivity contribution < 1.29 is 9.84 Å². The van der Waals surface area contributed by atoms with E-state index in [4.69, 9.17) is 15.6 Å². The molecule has 0 atom stereocenters. The normalized spacial score (nSPS) is 10.5. The van der Waals surface area contributed by atoms with Crippen LogP contribution in [0.4, 0.5) is 11.8 Å². The first-order valence-electron chi connectivity index (χ1n) is 7.40. The third-order valence-electron chi connectivity index (χ3n) is 3.20. The second-order valence-electron chi connectivity index (χ2n) is 4.98. The average molecular weight is 302 g/mol. The van der Waals surface area contributed by atoms with Crippen LogP contribution < -0.4 is 15.8 Å². The summed E-state index contributed by atoms with van der Waals surface area (Å²) in [6, 6.07) is 7.60. The number of aromatic nitrogens is 2. The van der Waals surface area contributed by atoms with Gasteiger partial charge >= 0.3 is 0 Å². The first-order chi connectivity index (χ1) is 10.7. The quantitative estimate of drug-likeness (QED) is 0.648. The molecule has 0 aliphatic rings. The molecule has 0 saturated carbocycles. The Morgan fingerprint density at radius 2 is 1.95 bits per heavy atom. The number of nitrogens with two attached hydrogens (primary N) is 1. The Hall–Kier alpha value is -2.34. The second-order valence-corrected chi connectivity index (χ2v) is 4.98. The maximum atomic E-state index is 9.03. The monoisotopic (exact) mass is 302 g/mol. The van der Waals surface area contributed by atoms with Gasteiger partial charge in [0.25, 0.3) is 0 Å². The number of aliphatic hydroxyl groups excluding tert-OH is 1. The highest BCUT2D eigenvalue weighted by Gasteiger charge is 2.07. The molecule has 1 aromatic heterocycles. The fourth-order valence-electron chi connectivity index (χ4n) is 1.90. The van der Waals surface area contributed by atoms with Gasteiger partial charge in [-0.1, -0.05) is 37.6 Å². The first-order valence-corrected chi connectivity index (χ1v) is 7.40. The third kappa shape index (κ3) is 4.60. The van der Waals surface area contributed by atoms with Gasteiger partial charge in [0.2, 0.25) is 5.95 Å². The van der Waals surface area contributed by atoms with E-state index in [1.165, 1.54) is 0 Å². The van der Waals surface area contributed by atoms with E-state index in [0.29, 0.717) is 18.2 Å². The summed E-state index contributed by atoms with van der Waals surface area (Å²) in [6.45, 7) is 3.39. The van der Waals surface area contributed by atoms with E-state index in [2.05, 4.69) is 22.2 Å². The van der Waals surface area contributed by atoms with E-state index in [1.807, 2.05) is 24.3 Å². The van der Waals surface area contributed by atoms with Crippen LogP contribution in [0.5, 0.6) is 5.75 Å². The van der Waals surface area contributed by atoms with Crippen molar-refractivity contribution in [2.24, 2.45) is 0 Å². The van der Waals surface area contributed by atoms with Gasteiger partial charge in [-0.05, 0) is 17.5 Å². The molecule has 0 aliphatic carbocycles. The summed E-state index contributed by atoms with van der Waals surface area (Å²) in [5.41, 5.74) is 7.51. The maximum Gasteiger partial charge on any atom is 0.222 e. The molecule has 6 nitrogen and oxygen atoms in total. The van der Waals surface area contributed by atoms with Crippen molar-refractivity contribution in [2.45, 2.75) is 33.0 Å². The molecule has 1 heterocycles. The summed E-state index contributed by atoms with van der Waals surface area (Å²) in [6.07, 6.45) is 3.73. The first kappa shape index (κ1) is 16.0. The number of benzene rings is 1. The number of aliphatic hydroxyl groups is 1. The predicted octanol–water partition coefficient (Wildman–Crippen LogP) is 2.34. The van der Waals surface area contributed by atoms with Crippen molar-refractivity contribution in [2.75, 3.05) is 17.6 Å². The molecule has 0 spiro atoms. The lowest BCUT2D eigenvalue weighted by Crippen LogP contribution is -2.08. The number of nitrogen functional groups attached to an aromatic ring is 1. The van der Waals surface area contributed by atoms with Gasteiger partial charge < -0.3 is 20.9 Å². The Labute approximate surface area is 130 Å². The number of nitrogens with one attached hydrogen (secondary N) is 1. The lowest BCUT2D eigenvalue weighted by Gasteiger charge is -2.12. The summed E-state index contributed by atoms with van der Waals surface area (Å²) >= 11 is 0. The number of ether oxygens (including phenoxy) is 1. The van der Waals surface area contributed by atoms with Gasteiger partial charge in [0, 0.05) is 6.54 Å². The van der Waals surface area contributed by atoms with E-state index in [0.717, 1.165) is 30.5 Å². The predicted molar refractivity (Wildman–Crippen MR) is 86.5 cm³/mol. The van der Waals surface area contributed by atoms with Gasteiger partial charge in [0.15, 0.2) is 11.6 Å². The van der Waals surface area contributed by atoms with Gasteiger partial charge in [-0.2, -0.15) is 4.98 Å². The van der Waals surface area contributed by atoms with Gasteiger partial charge in [-0.3, -0.25) is 0 Å². The number of nitrogens with zero attached hydrogens (tertiary/aromatic N) is 2.